The molecular weight excluding hydrogens is 346 g/mol. The van der Waals surface area contributed by atoms with Gasteiger partial charge in [0.25, 0.3) is 5.91 Å². The lowest BCUT2D eigenvalue weighted by Crippen LogP contribution is -2.42. The number of nitrogens with zero attached hydrogens (tertiary/aromatic N) is 2. The van der Waals surface area contributed by atoms with E-state index in [9.17, 15) is 9.59 Å². The highest BCUT2D eigenvalue weighted by Gasteiger charge is 2.23. The highest BCUT2D eigenvalue weighted by Crippen LogP contribution is 2.29. The number of carbonyl (C=O) groups excluding carboxylic acids is 2. The number of thiazole rings is 1. The molecular formula is C20H27N3O2S. The quantitative estimate of drug-likeness (QED) is 0.805. The molecule has 0 aliphatic rings. The van der Waals surface area contributed by atoms with Crippen molar-refractivity contribution in [2.24, 2.45) is 0 Å². The minimum atomic E-state index is -0.146. The Morgan fingerprint density at radius 3 is 2.38 bits per heavy atom. The number of aryl methyl sites for hydroxylation is 2. The SMILES string of the molecule is CCc1ccc(-c2nc(C)c(C(=O)N(CC)CC(=O)NC(C)C)s2)cc1. The zero-order chi connectivity index (χ0) is 19.3. The van der Waals surface area contributed by atoms with Crippen LogP contribution in [0.5, 0.6) is 0 Å². The van der Waals surface area contributed by atoms with Crippen molar-refractivity contribution in [1.82, 2.24) is 15.2 Å². The van der Waals surface area contributed by atoms with Gasteiger partial charge in [0.05, 0.1) is 12.2 Å². The molecule has 0 radical (unpaired) electrons. The van der Waals surface area contributed by atoms with Crippen molar-refractivity contribution >= 4 is 23.2 Å². The van der Waals surface area contributed by atoms with E-state index < -0.39 is 0 Å². The molecule has 0 bridgehead atoms. The minimum absolute atomic E-state index is 0.0548. The van der Waals surface area contributed by atoms with Gasteiger partial charge in [0, 0.05) is 18.2 Å². The van der Waals surface area contributed by atoms with Crippen LogP contribution in [0, 0.1) is 6.92 Å². The highest BCUT2D eigenvalue weighted by molar-refractivity contribution is 7.17. The van der Waals surface area contributed by atoms with E-state index in [1.807, 2.05) is 39.8 Å². The van der Waals surface area contributed by atoms with E-state index in [1.54, 1.807) is 4.90 Å². The summed E-state index contributed by atoms with van der Waals surface area (Å²) >= 11 is 1.38. The molecule has 0 aliphatic heterocycles. The lowest BCUT2D eigenvalue weighted by molar-refractivity contribution is -0.122. The molecule has 1 N–H and O–H groups in total. The molecule has 1 aromatic heterocycles. The molecule has 0 saturated heterocycles. The van der Waals surface area contributed by atoms with E-state index in [0.717, 1.165) is 17.0 Å². The van der Waals surface area contributed by atoms with Crippen LogP contribution in [0.25, 0.3) is 10.6 Å². The summed E-state index contributed by atoms with van der Waals surface area (Å²) < 4.78 is 0. The Morgan fingerprint density at radius 2 is 1.85 bits per heavy atom. The van der Waals surface area contributed by atoms with Crippen LogP contribution in [0.15, 0.2) is 24.3 Å². The fourth-order valence-electron chi connectivity index (χ4n) is 2.61. The standard InChI is InChI=1S/C20H27N3O2S/c1-6-15-8-10-16(11-9-15)19-22-14(5)18(26-19)20(25)23(7-2)12-17(24)21-13(3)4/h8-11,13H,6-7,12H2,1-5H3,(H,21,24). The van der Waals surface area contributed by atoms with Crippen molar-refractivity contribution in [2.45, 2.75) is 47.1 Å². The maximum Gasteiger partial charge on any atom is 0.266 e. The van der Waals surface area contributed by atoms with Crippen molar-refractivity contribution in [3.8, 4) is 10.6 Å². The molecule has 0 unspecified atom stereocenters. The van der Waals surface area contributed by atoms with Crippen LogP contribution in [0.3, 0.4) is 0 Å². The molecule has 0 aliphatic carbocycles. The Bertz CT molecular complexity index is 766. The third kappa shape index (κ3) is 4.91. The number of hydrogen-bond donors (Lipinski definition) is 1. The van der Waals surface area contributed by atoms with Crippen LogP contribution < -0.4 is 5.32 Å². The Kier molecular flexibility index (Phi) is 6.91. The van der Waals surface area contributed by atoms with E-state index in [0.29, 0.717) is 17.1 Å². The first-order valence-corrected chi connectivity index (χ1v) is 9.82. The second kappa shape index (κ2) is 8.94. The van der Waals surface area contributed by atoms with Crippen molar-refractivity contribution < 1.29 is 9.59 Å². The topological polar surface area (TPSA) is 62.3 Å². The Morgan fingerprint density at radius 1 is 1.19 bits per heavy atom. The van der Waals surface area contributed by atoms with E-state index in [2.05, 4.69) is 29.4 Å². The summed E-state index contributed by atoms with van der Waals surface area (Å²) in [5, 5.41) is 3.66. The summed E-state index contributed by atoms with van der Waals surface area (Å²) in [5.41, 5.74) is 2.99. The zero-order valence-electron chi connectivity index (χ0n) is 16.1. The van der Waals surface area contributed by atoms with E-state index in [-0.39, 0.29) is 24.4 Å². The van der Waals surface area contributed by atoms with Gasteiger partial charge in [0.1, 0.15) is 9.88 Å². The van der Waals surface area contributed by atoms with Gasteiger partial charge in [-0.2, -0.15) is 0 Å². The number of carbonyl (C=O) groups is 2. The number of rotatable bonds is 7. The van der Waals surface area contributed by atoms with Gasteiger partial charge in [-0.05, 0) is 39.7 Å². The number of nitrogens with one attached hydrogen (secondary N) is 1. The van der Waals surface area contributed by atoms with E-state index >= 15 is 0 Å². The van der Waals surface area contributed by atoms with Crippen molar-refractivity contribution in [3.05, 3.63) is 40.4 Å². The monoisotopic (exact) mass is 373 g/mol. The molecule has 2 aromatic rings. The lowest BCUT2D eigenvalue weighted by atomic mass is 10.1. The van der Waals surface area contributed by atoms with Gasteiger partial charge < -0.3 is 10.2 Å². The molecule has 6 heteroatoms. The predicted octanol–water partition coefficient (Wildman–Crippen LogP) is 3.67. The number of likely N-dealkylation sites (N-methyl/N-ethyl adjacent to an activating group) is 1. The Labute approximate surface area is 159 Å². The normalized spacial score (nSPS) is 10.8. The average Bonchev–Trinajstić information content (AvgIpc) is 3.00. The van der Waals surface area contributed by atoms with Gasteiger partial charge in [-0.25, -0.2) is 4.98 Å². The number of hydrogen-bond acceptors (Lipinski definition) is 4. The molecule has 140 valence electrons. The van der Waals surface area contributed by atoms with Gasteiger partial charge >= 0.3 is 0 Å². The molecule has 0 fully saturated rings. The third-order valence-corrected chi connectivity index (χ3v) is 5.25. The first-order chi connectivity index (χ1) is 12.3. The van der Waals surface area contributed by atoms with E-state index in [4.69, 9.17) is 0 Å². The number of benzene rings is 1. The summed E-state index contributed by atoms with van der Waals surface area (Å²) in [6.45, 7) is 10.2. The third-order valence-electron chi connectivity index (χ3n) is 4.05. The lowest BCUT2D eigenvalue weighted by Gasteiger charge is -2.20. The smallest absolute Gasteiger partial charge is 0.266 e. The van der Waals surface area contributed by atoms with Crippen LogP contribution in [-0.2, 0) is 11.2 Å². The summed E-state index contributed by atoms with van der Waals surface area (Å²) in [7, 11) is 0. The summed E-state index contributed by atoms with van der Waals surface area (Å²) in [5.74, 6) is -0.286. The van der Waals surface area contributed by atoms with Crippen LogP contribution >= 0.6 is 11.3 Å². The first-order valence-electron chi connectivity index (χ1n) is 9.01. The number of amides is 2. The summed E-state index contributed by atoms with van der Waals surface area (Å²) in [6, 6.07) is 8.31. The zero-order valence-corrected chi connectivity index (χ0v) is 16.9. The minimum Gasteiger partial charge on any atom is -0.352 e. The van der Waals surface area contributed by atoms with Crippen LogP contribution in [-0.4, -0.2) is 40.8 Å². The maximum atomic E-state index is 12.9. The molecule has 0 atom stereocenters. The maximum absolute atomic E-state index is 12.9. The molecule has 1 heterocycles. The largest absolute Gasteiger partial charge is 0.352 e. The van der Waals surface area contributed by atoms with Gasteiger partial charge in [0.2, 0.25) is 5.91 Å². The Balaban J connectivity index is 2.20. The molecule has 1 aromatic carbocycles. The molecule has 26 heavy (non-hydrogen) atoms. The van der Waals surface area contributed by atoms with Gasteiger partial charge in [-0.15, -0.1) is 11.3 Å². The second-order valence-electron chi connectivity index (χ2n) is 6.53. The Hall–Kier alpha value is -2.21. The molecule has 5 nitrogen and oxygen atoms in total. The number of aromatic nitrogens is 1. The molecule has 2 rings (SSSR count). The fraction of sp³-hybridized carbons (Fsp3) is 0.450. The van der Waals surface area contributed by atoms with Gasteiger partial charge in [-0.1, -0.05) is 31.2 Å². The van der Waals surface area contributed by atoms with Crippen molar-refractivity contribution in [2.75, 3.05) is 13.1 Å². The van der Waals surface area contributed by atoms with Crippen LogP contribution in [0.4, 0.5) is 0 Å². The summed E-state index contributed by atoms with van der Waals surface area (Å²) in [4.78, 5) is 31.6. The van der Waals surface area contributed by atoms with Crippen LogP contribution in [0.1, 0.15) is 48.6 Å². The van der Waals surface area contributed by atoms with Gasteiger partial charge in [-0.3, -0.25) is 9.59 Å². The molecule has 0 saturated carbocycles. The van der Waals surface area contributed by atoms with E-state index in [1.165, 1.54) is 16.9 Å². The van der Waals surface area contributed by atoms with Crippen molar-refractivity contribution in [3.63, 3.8) is 0 Å². The first kappa shape index (κ1) is 20.1. The highest BCUT2D eigenvalue weighted by atomic mass is 32.1. The van der Waals surface area contributed by atoms with Gasteiger partial charge in [0.15, 0.2) is 0 Å². The second-order valence-corrected chi connectivity index (χ2v) is 7.52. The predicted molar refractivity (Wildman–Crippen MR) is 107 cm³/mol. The van der Waals surface area contributed by atoms with Crippen LogP contribution in [0.2, 0.25) is 0 Å². The van der Waals surface area contributed by atoms with Crippen molar-refractivity contribution in [1.29, 1.82) is 0 Å². The molecule has 0 spiro atoms. The fourth-order valence-corrected chi connectivity index (χ4v) is 3.65. The molecule has 2 amide bonds. The average molecular weight is 374 g/mol. The summed E-state index contributed by atoms with van der Waals surface area (Å²) in [6.07, 6.45) is 0.991.